The number of fused-ring (bicyclic) bond motifs is 1. The molecule has 2 aliphatic rings. The first kappa shape index (κ1) is 19.7. The predicted molar refractivity (Wildman–Crippen MR) is 108 cm³/mol. The van der Waals surface area contributed by atoms with Crippen LogP contribution < -0.4 is 14.8 Å². The van der Waals surface area contributed by atoms with Crippen LogP contribution >= 0.6 is 0 Å². The third-order valence-electron chi connectivity index (χ3n) is 5.64. The maximum Gasteiger partial charge on any atom is 0.231 e. The van der Waals surface area contributed by atoms with Crippen LogP contribution in [0.2, 0.25) is 0 Å². The van der Waals surface area contributed by atoms with Crippen molar-refractivity contribution in [2.45, 2.75) is 31.5 Å². The van der Waals surface area contributed by atoms with E-state index in [1.165, 1.54) is 6.92 Å². The monoisotopic (exact) mass is 398 g/mol. The molecule has 4 rings (SSSR count). The van der Waals surface area contributed by atoms with E-state index in [9.17, 15) is 15.0 Å². The molecule has 0 radical (unpaired) electrons. The van der Waals surface area contributed by atoms with Gasteiger partial charge in [0.2, 0.25) is 12.7 Å². The van der Waals surface area contributed by atoms with Crippen LogP contribution in [-0.4, -0.2) is 47.4 Å². The lowest BCUT2D eigenvalue weighted by molar-refractivity contribution is -0.114. The molecule has 2 aliphatic heterocycles. The van der Waals surface area contributed by atoms with Crippen LogP contribution in [0.15, 0.2) is 42.5 Å². The van der Waals surface area contributed by atoms with Crippen molar-refractivity contribution < 1.29 is 24.5 Å². The van der Waals surface area contributed by atoms with Gasteiger partial charge in [-0.1, -0.05) is 18.2 Å². The number of amides is 1. The highest BCUT2D eigenvalue weighted by Crippen LogP contribution is 2.39. The Hall–Kier alpha value is -2.61. The summed E-state index contributed by atoms with van der Waals surface area (Å²) in [7, 11) is 0. The van der Waals surface area contributed by atoms with Gasteiger partial charge in [0.25, 0.3) is 0 Å². The largest absolute Gasteiger partial charge is 0.454 e. The molecule has 0 aromatic heterocycles. The zero-order valence-electron chi connectivity index (χ0n) is 16.4. The summed E-state index contributed by atoms with van der Waals surface area (Å²) in [6.45, 7) is 3.55. The van der Waals surface area contributed by atoms with Crippen LogP contribution in [-0.2, 0) is 10.4 Å². The second-order valence-corrected chi connectivity index (χ2v) is 7.72. The Kier molecular flexibility index (Phi) is 5.45. The Morgan fingerprint density at radius 3 is 2.52 bits per heavy atom. The summed E-state index contributed by atoms with van der Waals surface area (Å²) in [5, 5.41) is 24.4. The predicted octanol–water partition coefficient (Wildman–Crippen LogP) is 2.39. The first-order chi connectivity index (χ1) is 13.9. The van der Waals surface area contributed by atoms with Crippen molar-refractivity contribution in [3.8, 4) is 11.5 Å². The number of carbonyl (C=O) groups is 1. The lowest BCUT2D eigenvalue weighted by atomic mass is 9.84. The van der Waals surface area contributed by atoms with Crippen molar-refractivity contribution in [1.82, 2.24) is 4.90 Å². The number of benzene rings is 2. The van der Waals surface area contributed by atoms with Gasteiger partial charge < -0.3 is 29.9 Å². The molecule has 1 atom stereocenters. The molecule has 7 nitrogen and oxygen atoms in total. The Bertz CT molecular complexity index is 875. The third kappa shape index (κ3) is 4.37. The fourth-order valence-electron chi connectivity index (χ4n) is 3.92. The van der Waals surface area contributed by atoms with E-state index >= 15 is 0 Å². The fourth-order valence-corrected chi connectivity index (χ4v) is 3.92. The molecule has 2 aromatic carbocycles. The highest BCUT2D eigenvalue weighted by Gasteiger charge is 2.35. The van der Waals surface area contributed by atoms with Crippen LogP contribution in [0.3, 0.4) is 0 Å². The van der Waals surface area contributed by atoms with E-state index in [-0.39, 0.29) is 12.7 Å². The topological polar surface area (TPSA) is 91.3 Å². The lowest BCUT2D eigenvalue weighted by Crippen LogP contribution is -2.43. The number of aliphatic hydroxyl groups excluding tert-OH is 1. The van der Waals surface area contributed by atoms with Crippen LogP contribution in [0.4, 0.5) is 5.69 Å². The molecule has 7 heteroatoms. The fraction of sp³-hybridized carbons (Fsp3) is 0.409. The molecule has 0 spiro atoms. The van der Waals surface area contributed by atoms with E-state index in [4.69, 9.17) is 9.47 Å². The first-order valence-electron chi connectivity index (χ1n) is 9.83. The standard InChI is InChI=1S/C22H26N2O5/c1-15(25)23-18-5-2-16(3-6-18)19(26)13-24-10-8-22(27,9-11-24)17-4-7-20-21(12-17)29-14-28-20/h2-7,12,19,26-27H,8-11,13-14H2,1H3,(H,23,25). The second kappa shape index (κ2) is 8.02. The van der Waals surface area contributed by atoms with Crippen LogP contribution in [0.25, 0.3) is 0 Å². The number of likely N-dealkylation sites (tertiary alicyclic amines) is 1. The molecule has 154 valence electrons. The minimum atomic E-state index is -0.900. The molecule has 1 fully saturated rings. The summed E-state index contributed by atoms with van der Waals surface area (Å²) in [6, 6.07) is 12.8. The Morgan fingerprint density at radius 1 is 1.14 bits per heavy atom. The minimum Gasteiger partial charge on any atom is -0.454 e. The van der Waals surface area contributed by atoms with Crippen LogP contribution in [0.5, 0.6) is 11.5 Å². The summed E-state index contributed by atoms with van der Waals surface area (Å²) in [4.78, 5) is 13.3. The quantitative estimate of drug-likeness (QED) is 0.716. The van der Waals surface area contributed by atoms with Crippen molar-refractivity contribution in [2.75, 3.05) is 31.7 Å². The highest BCUT2D eigenvalue weighted by molar-refractivity contribution is 5.88. The molecule has 3 N–H and O–H groups in total. The summed E-state index contributed by atoms with van der Waals surface area (Å²) in [5.74, 6) is 1.26. The lowest BCUT2D eigenvalue weighted by Gasteiger charge is -2.39. The molecule has 2 heterocycles. The van der Waals surface area contributed by atoms with E-state index in [1.54, 1.807) is 12.1 Å². The number of aliphatic hydroxyl groups is 2. The Balaban J connectivity index is 1.34. The van der Waals surface area contributed by atoms with Crippen LogP contribution in [0, 0.1) is 0 Å². The van der Waals surface area contributed by atoms with Crippen molar-refractivity contribution in [3.63, 3.8) is 0 Å². The van der Waals surface area contributed by atoms with Crippen molar-refractivity contribution in [3.05, 3.63) is 53.6 Å². The number of ether oxygens (including phenoxy) is 2. The van der Waals surface area contributed by atoms with Crippen LogP contribution in [0.1, 0.15) is 37.0 Å². The minimum absolute atomic E-state index is 0.124. The van der Waals surface area contributed by atoms with Gasteiger partial charge in [-0.25, -0.2) is 0 Å². The van der Waals surface area contributed by atoms with Gasteiger partial charge in [0.1, 0.15) is 0 Å². The number of carbonyl (C=O) groups excluding carboxylic acids is 1. The second-order valence-electron chi connectivity index (χ2n) is 7.72. The maximum atomic E-state index is 11.1. The number of hydrogen-bond acceptors (Lipinski definition) is 6. The summed E-state index contributed by atoms with van der Waals surface area (Å²) < 4.78 is 10.8. The first-order valence-corrected chi connectivity index (χ1v) is 9.83. The van der Waals surface area contributed by atoms with Gasteiger partial charge in [-0.05, 0) is 48.2 Å². The number of rotatable bonds is 5. The molecule has 0 bridgehead atoms. The zero-order chi connectivity index (χ0) is 20.4. The van der Waals surface area contributed by atoms with Gasteiger partial charge in [-0.3, -0.25) is 4.79 Å². The average Bonchev–Trinajstić information content (AvgIpc) is 3.18. The summed E-state index contributed by atoms with van der Waals surface area (Å²) >= 11 is 0. The maximum absolute atomic E-state index is 11.1. The zero-order valence-corrected chi connectivity index (χ0v) is 16.4. The average molecular weight is 398 g/mol. The van der Waals surface area contributed by atoms with E-state index in [2.05, 4.69) is 10.2 Å². The van der Waals surface area contributed by atoms with E-state index in [0.717, 1.165) is 11.1 Å². The molecule has 2 aromatic rings. The highest BCUT2D eigenvalue weighted by atomic mass is 16.7. The summed E-state index contributed by atoms with van der Waals surface area (Å²) in [5.41, 5.74) is 1.45. The third-order valence-corrected chi connectivity index (χ3v) is 5.64. The van der Waals surface area contributed by atoms with Gasteiger partial charge >= 0.3 is 0 Å². The molecule has 0 aliphatic carbocycles. The molecule has 1 unspecified atom stereocenters. The van der Waals surface area contributed by atoms with E-state index in [0.29, 0.717) is 49.7 Å². The smallest absolute Gasteiger partial charge is 0.231 e. The Labute approximate surface area is 169 Å². The summed E-state index contributed by atoms with van der Waals surface area (Å²) in [6.07, 6.45) is 0.542. The van der Waals surface area contributed by atoms with E-state index in [1.807, 2.05) is 30.3 Å². The number of hydrogen-bond donors (Lipinski definition) is 3. The molecule has 1 amide bonds. The van der Waals surface area contributed by atoms with Gasteiger partial charge in [-0.15, -0.1) is 0 Å². The van der Waals surface area contributed by atoms with Gasteiger partial charge in [0.05, 0.1) is 11.7 Å². The molecule has 29 heavy (non-hydrogen) atoms. The number of nitrogens with one attached hydrogen (secondary N) is 1. The number of anilines is 1. The van der Waals surface area contributed by atoms with Crippen molar-refractivity contribution >= 4 is 11.6 Å². The molecular weight excluding hydrogens is 372 g/mol. The molecule has 1 saturated heterocycles. The number of β-amino-alcohol motifs (C(OH)–C–C–N with tert-alkyl or cyclic N) is 1. The van der Waals surface area contributed by atoms with Gasteiger partial charge in [0, 0.05) is 32.2 Å². The van der Waals surface area contributed by atoms with E-state index < -0.39 is 11.7 Å². The normalized spacial score (nSPS) is 19.0. The van der Waals surface area contributed by atoms with Crippen molar-refractivity contribution in [1.29, 1.82) is 0 Å². The Morgan fingerprint density at radius 2 is 1.83 bits per heavy atom. The number of piperidine rings is 1. The van der Waals surface area contributed by atoms with Gasteiger partial charge in [0.15, 0.2) is 11.5 Å². The molecule has 0 saturated carbocycles. The van der Waals surface area contributed by atoms with Gasteiger partial charge in [-0.2, -0.15) is 0 Å². The van der Waals surface area contributed by atoms with Crippen molar-refractivity contribution in [2.24, 2.45) is 0 Å². The SMILES string of the molecule is CC(=O)Nc1ccc(C(O)CN2CCC(O)(c3ccc4c(c3)OCO4)CC2)cc1. The number of nitrogens with zero attached hydrogens (tertiary/aromatic N) is 1. The molecular formula is C22H26N2O5.